The van der Waals surface area contributed by atoms with Crippen molar-refractivity contribution in [3.05, 3.63) is 52.5 Å². The molecule has 0 saturated heterocycles. The number of amides is 1. The largest absolute Gasteiger partial charge is 0.493 e. The Morgan fingerprint density at radius 2 is 1.76 bits per heavy atom. The zero-order chi connectivity index (χ0) is 24.8. The van der Waals surface area contributed by atoms with Crippen molar-refractivity contribution < 1.29 is 35.9 Å². The van der Waals surface area contributed by atoms with Gasteiger partial charge in [0.25, 0.3) is 0 Å². The van der Waals surface area contributed by atoms with Crippen LogP contribution in [0, 0.1) is 0 Å². The van der Waals surface area contributed by atoms with Crippen LogP contribution < -0.4 is 19.1 Å². The molecule has 0 aliphatic heterocycles. The van der Waals surface area contributed by atoms with Gasteiger partial charge in [-0.05, 0) is 42.3 Å². The van der Waals surface area contributed by atoms with Crippen LogP contribution in [0.5, 0.6) is 11.5 Å². The molecule has 0 fully saturated rings. The molecule has 0 saturated carbocycles. The number of alkyl halides is 3. The summed E-state index contributed by atoms with van der Waals surface area (Å²) in [6.45, 7) is -0.127. The summed E-state index contributed by atoms with van der Waals surface area (Å²) in [5.74, 6) is 0.649. The number of rotatable bonds is 10. The highest BCUT2D eigenvalue weighted by Gasteiger charge is 2.36. The van der Waals surface area contributed by atoms with Crippen LogP contribution in [0.25, 0.3) is 0 Å². The van der Waals surface area contributed by atoms with E-state index in [0.29, 0.717) is 21.9 Å². The summed E-state index contributed by atoms with van der Waals surface area (Å²) in [6.07, 6.45) is -4.09. The lowest BCUT2D eigenvalue weighted by Gasteiger charge is -2.25. The molecule has 2 rings (SSSR count). The van der Waals surface area contributed by atoms with E-state index in [2.05, 4.69) is 5.32 Å². The van der Waals surface area contributed by atoms with Gasteiger partial charge in [-0.25, -0.2) is 8.42 Å². The second-order valence-corrected chi connectivity index (χ2v) is 9.41. The Bertz CT molecular complexity index is 1090. The van der Waals surface area contributed by atoms with Gasteiger partial charge in [0, 0.05) is 24.5 Å². The van der Waals surface area contributed by atoms with Crippen LogP contribution in [0.1, 0.15) is 24.0 Å². The molecule has 182 valence electrons. The second kappa shape index (κ2) is 11.0. The molecule has 0 atom stereocenters. The number of nitrogens with one attached hydrogen (secondary N) is 1. The van der Waals surface area contributed by atoms with E-state index in [9.17, 15) is 26.4 Å². The van der Waals surface area contributed by atoms with Crippen LogP contribution >= 0.6 is 11.6 Å². The van der Waals surface area contributed by atoms with Crippen molar-refractivity contribution in [3.63, 3.8) is 0 Å². The molecule has 12 heteroatoms. The van der Waals surface area contributed by atoms with Gasteiger partial charge in [-0.2, -0.15) is 13.2 Å². The minimum Gasteiger partial charge on any atom is -0.493 e. The van der Waals surface area contributed by atoms with E-state index in [1.54, 1.807) is 18.2 Å². The van der Waals surface area contributed by atoms with Gasteiger partial charge in [0.1, 0.15) is 0 Å². The predicted molar refractivity (Wildman–Crippen MR) is 119 cm³/mol. The first kappa shape index (κ1) is 26.6. The van der Waals surface area contributed by atoms with Crippen LogP contribution in [0.2, 0.25) is 5.02 Å². The smallest absolute Gasteiger partial charge is 0.418 e. The molecule has 1 N–H and O–H groups in total. The molecule has 0 spiro atoms. The maximum Gasteiger partial charge on any atom is 0.418 e. The van der Waals surface area contributed by atoms with Gasteiger partial charge < -0.3 is 14.8 Å². The molecule has 0 bridgehead atoms. The monoisotopic (exact) mass is 508 g/mol. The van der Waals surface area contributed by atoms with Crippen molar-refractivity contribution in [3.8, 4) is 11.5 Å². The zero-order valence-corrected chi connectivity index (χ0v) is 19.8. The SMILES string of the molecule is COc1ccc(CNC(=O)CCCN(c2ccc(Cl)cc2C(F)(F)F)S(C)(=O)=O)cc1OC. The highest BCUT2D eigenvalue weighted by atomic mass is 35.5. The van der Waals surface area contributed by atoms with Crippen LogP contribution in [0.3, 0.4) is 0 Å². The number of carbonyl (C=O) groups is 1. The lowest BCUT2D eigenvalue weighted by molar-refractivity contribution is -0.137. The first-order chi connectivity index (χ1) is 15.4. The Morgan fingerprint density at radius 3 is 2.33 bits per heavy atom. The van der Waals surface area contributed by atoms with Gasteiger partial charge in [0.2, 0.25) is 15.9 Å². The summed E-state index contributed by atoms with van der Waals surface area (Å²) in [4.78, 5) is 12.2. The van der Waals surface area contributed by atoms with Gasteiger partial charge >= 0.3 is 6.18 Å². The molecule has 7 nitrogen and oxygen atoms in total. The highest BCUT2D eigenvalue weighted by Crippen LogP contribution is 2.39. The number of hydrogen-bond acceptors (Lipinski definition) is 5. The number of sulfonamides is 1. The molecule has 0 radical (unpaired) electrons. The first-order valence-electron chi connectivity index (χ1n) is 9.69. The molecular weight excluding hydrogens is 485 g/mol. The number of methoxy groups -OCH3 is 2. The van der Waals surface area contributed by atoms with Crippen molar-refractivity contribution in [1.82, 2.24) is 5.32 Å². The van der Waals surface area contributed by atoms with Gasteiger partial charge in [-0.15, -0.1) is 0 Å². The van der Waals surface area contributed by atoms with Crippen molar-refractivity contribution in [2.45, 2.75) is 25.6 Å². The molecule has 0 aliphatic rings. The molecule has 1 amide bonds. The third kappa shape index (κ3) is 7.43. The van der Waals surface area contributed by atoms with E-state index in [-0.39, 0.29) is 36.9 Å². The van der Waals surface area contributed by atoms with E-state index in [0.717, 1.165) is 17.9 Å². The normalized spacial score (nSPS) is 11.7. The quantitative estimate of drug-likeness (QED) is 0.519. The molecule has 0 aromatic heterocycles. The minimum absolute atomic E-state index is 0.00472. The maximum absolute atomic E-state index is 13.4. The highest BCUT2D eigenvalue weighted by molar-refractivity contribution is 7.92. The average Bonchev–Trinajstić information content (AvgIpc) is 2.74. The topological polar surface area (TPSA) is 84.9 Å². The van der Waals surface area contributed by atoms with Gasteiger partial charge in [0.05, 0.1) is 31.7 Å². The van der Waals surface area contributed by atoms with E-state index in [4.69, 9.17) is 21.1 Å². The fourth-order valence-corrected chi connectivity index (χ4v) is 4.23. The van der Waals surface area contributed by atoms with Gasteiger partial charge in [-0.1, -0.05) is 17.7 Å². The number of carbonyl (C=O) groups excluding carboxylic acids is 1. The summed E-state index contributed by atoms with van der Waals surface area (Å²) < 4.78 is 75.7. The summed E-state index contributed by atoms with van der Waals surface area (Å²) in [6, 6.07) is 7.99. The summed E-state index contributed by atoms with van der Waals surface area (Å²) in [5.41, 5.74) is -0.965. The third-order valence-electron chi connectivity index (χ3n) is 4.64. The van der Waals surface area contributed by atoms with Crippen LogP contribution in [-0.2, 0) is 27.5 Å². The molecule has 2 aromatic rings. The van der Waals surface area contributed by atoms with E-state index in [1.165, 1.54) is 20.3 Å². The summed E-state index contributed by atoms with van der Waals surface area (Å²) >= 11 is 5.67. The number of nitrogens with zero attached hydrogens (tertiary/aromatic N) is 1. The molecular formula is C21H24ClF3N2O5S. The standard InChI is InChI=1S/C21H24ClF3N2O5S/c1-31-18-9-6-14(11-19(18)32-2)13-26-20(28)5-4-10-27(33(3,29)30)17-8-7-15(22)12-16(17)21(23,24)25/h6-9,11-12H,4-5,10,13H2,1-3H3,(H,26,28). The lowest BCUT2D eigenvalue weighted by Crippen LogP contribution is -2.33. The molecule has 2 aromatic carbocycles. The Morgan fingerprint density at radius 1 is 1.09 bits per heavy atom. The zero-order valence-electron chi connectivity index (χ0n) is 18.2. The molecule has 33 heavy (non-hydrogen) atoms. The Kier molecular flexibility index (Phi) is 8.84. The third-order valence-corrected chi connectivity index (χ3v) is 6.05. The molecule has 0 heterocycles. The molecule has 0 aliphatic carbocycles. The average molecular weight is 509 g/mol. The van der Waals surface area contributed by atoms with Crippen LogP contribution in [-0.4, -0.2) is 41.3 Å². The van der Waals surface area contributed by atoms with Crippen molar-refractivity contribution in [2.75, 3.05) is 31.3 Å². The fraction of sp³-hybridized carbons (Fsp3) is 0.381. The number of hydrogen-bond donors (Lipinski definition) is 1. The fourth-order valence-electron chi connectivity index (χ4n) is 3.08. The first-order valence-corrected chi connectivity index (χ1v) is 11.9. The van der Waals surface area contributed by atoms with Crippen molar-refractivity contribution in [2.24, 2.45) is 0 Å². The van der Waals surface area contributed by atoms with E-state index >= 15 is 0 Å². The predicted octanol–water partition coefficient (Wildman–Crippen LogP) is 4.24. The van der Waals surface area contributed by atoms with Crippen molar-refractivity contribution in [1.29, 1.82) is 0 Å². The number of anilines is 1. The van der Waals surface area contributed by atoms with Crippen LogP contribution in [0.15, 0.2) is 36.4 Å². The van der Waals surface area contributed by atoms with Gasteiger partial charge in [0.15, 0.2) is 11.5 Å². The Balaban J connectivity index is 2.04. The lowest BCUT2D eigenvalue weighted by atomic mass is 10.1. The minimum atomic E-state index is -4.81. The van der Waals surface area contributed by atoms with Crippen molar-refractivity contribution >= 4 is 33.2 Å². The van der Waals surface area contributed by atoms with E-state index in [1.807, 2.05) is 0 Å². The Labute approximate surface area is 195 Å². The Hall–Kier alpha value is -2.66. The molecule has 0 unspecified atom stereocenters. The second-order valence-electron chi connectivity index (χ2n) is 7.06. The number of ether oxygens (including phenoxy) is 2. The summed E-state index contributed by atoms with van der Waals surface area (Å²) in [5, 5.41) is 2.51. The number of halogens is 4. The summed E-state index contributed by atoms with van der Waals surface area (Å²) in [7, 11) is -1.06. The van der Waals surface area contributed by atoms with Crippen LogP contribution in [0.4, 0.5) is 18.9 Å². The number of benzene rings is 2. The maximum atomic E-state index is 13.4. The van der Waals surface area contributed by atoms with Gasteiger partial charge in [-0.3, -0.25) is 9.10 Å². The van der Waals surface area contributed by atoms with E-state index < -0.39 is 27.5 Å².